The Morgan fingerprint density at radius 1 is 1.14 bits per heavy atom. The number of fused-ring (bicyclic) bond motifs is 2. The van der Waals surface area contributed by atoms with E-state index in [4.69, 9.17) is 0 Å². The first-order valence-corrected chi connectivity index (χ1v) is 7.66. The van der Waals surface area contributed by atoms with E-state index in [9.17, 15) is 9.59 Å². The summed E-state index contributed by atoms with van der Waals surface area (Å²) in [6.07, 6.45) is 1.62. The lowest BCUT2D eigenvalue weighted by Crippen LogP contribution is -2.59. The van der Waals surface area contributed by atoms with E-state index in [1.54, 1.807) is 0 Å². The van der Waals surface area contributed by atoms with Gasteiger partial charge in [0.1, 0.15) is 0 Å². The van der Waals surface area contributed by atoms with Crippen LogP contribution in [0.4, 0.5) is 5.69 Å². The number of benzene rings is 1. The third kappa shape index (κ3) is 1.66. The second-order valence-electron chi connectivity index (χ2n) is 7.41. The second kappa shape index (κ2) is 4.19. The normalized spacial score (nSPS) is 30.9. The van der Waals surface area contributed by atoms with Crippen molar-refractivity contribution in [3.63, 3.8) is 0 Å². The summed E-state index contributed by atoms with van der Waals surface area (Å²) in [6.45, 7) is 10.1. The molecule has 2 fully saturated rings. The van der Waals surface area contributed by atoms with E-state index in [1.807, 2.05) is 39.0 Å². The average Bonchev–Trinajstić information content (AvgIpc) is 2.57. The first kappa shape index (κ1) is 14.3. The zero-order valence-electron chi connectivity index (χ0n) is 13.5. The van der Waals surface area contributed by atoms with Crippen molar-refractivity contribution in [2.75, 3.05) is 4.90 Å². The van der Waals surface area contributed by atoms with E-state index in [0.29, 0.717) is 0 Å². The van der Waals surface area contributed by atoms with Crippen molar-refractivity contribution < 1.29 is 9.59 Å². The monoisotopic (exact) mass is 285 g/mol. The lowest BCUT2D eigenvalue weighted by atomic mass is 9.62. The Hall–Kier alpha value is -1.64. The maximum absolute atomic E-state index is 13.1. The number of nitrogens with zero attached hydrogens (tertiary/aromatic N) is 1. The van der Waals surface area contributed by atoms with E-state index >= 15 is 0 Å². The van der Waals surface area contributed by atoms with Gasteiger partial charge in [0.2, 0.25) is 11.8 Å². The number of aryl methyl sites for hydroxylation is 2. The van der Waals surface area contributed by atoms with E-state index in [2.05, 4.69) is 13.8 Å². The number of carbonyl (C=O) groups is 2. The van der Waals surface area contributed by atoms with Gasteiger partial charge < -0.3 is 0 Å². The summed E-state index contributed by atoms with van der Waals surface area (Å²) in [4.78, 5) is 27.4. The summed E-state index contributed by atoms with van der Waals surface area (Å²) < 4.78 is 0. The van der Waals surface area contributed by atoms with Gasteiger partial charge >= 0.3 is 0 Å². The van der Waals surface area contributed by atoms with Crippen LogP contribution in [0.15, 0.2) is 18.2 Å². The molecule has 3 nitrogen and oxygen atoms in total. The molecule has 2 amide bonds. The Labute approximate surface area is 126 Å². The molecular weight excluding hydrogens is 262 g/mol. The molecule has 3 rings (SSSR count). The highest BCUT2D eigenvalue weighted by Gasteiger charge is 2.64. The third-order valence-electron chi connectivity index (χ3n) is 6.01. The summed E-state index contributed by atoms with van der Waals surface area (Å²) in [6, 6.07) is 5.90. The summed E-state index contributed by atoms with van der Waals surface area (Å²) in [5.41, 5.74) is 2.19. The van der Waals surface area contributed by atoms with Gasteiger partial charge in [-0.3, -0.25) is 9.59 Å². The molecule has 2 aliphatic rings. The van der Waals surface area contributed by atoms with Gasteiger partial charge in [-0.05, 0) is 43.7 Å². The highest BCUT2D eigenvalue weighted by Crippen LogP contribution is 2.60. The van der Waals surface area contributed by atoms with E-state index in [-0.39, 0.29) is 23.1 Å². The molecule has 2 bridgehead atoms. The fourth-order valence-electron chi connectivity index (χ4n) is 4.10. The maximum atomic E-state index is 13.1. The molecule has 1 saturated heterocycles. The Morgan fingerprint density at radius 3 is 2.43 bits per heavy atom. The van der Waals surface area contributed by atoms with E-state index in [0.717, 1.165) is 29.7 Å². The van der Waals surface area contributed by atoms with Crippen molar-refractivity contribution in [1.29, 1.82) is 0 Å². The predicted molar refractivity (Wildman–Crippen MR) is 83.0 cm³/mol. The lowest BCUT2D eigenvalue weighted by Gasteiger charge is -2.47. The van der Waals surface area contributed by atoms with Crippen LogP contribution in [-0.4, -0.2) is 11.8 Å². The lowest BCUT2D eigenvalue weighted by molar-refractivity contribution is -0.146. The van der Waals surface area contributed by atoms with Gasteiger partial charge in [0.05, 0.1) is 11.1 Å². The van der Waals surface area contributed by atoms with Gasteiger partial charge in [-0.1, -0.05) is 38.5 Å². The van der Waals surface area contributed by atoms with Gasteiger partial charge in [-0.25, -0.2) is 4.90 Å². The third-order valence-corrected chi connectivity index (χ3v) is 6.01. The van der Waals surface area contributed by atoms with Gasteiger partial charge in [0.15, 0.2) is 0 Å². The van der Waals surface area contributed by atoms with Gasteiger partial charge in [0.25, 0.3) is 0 Å². The molecule has 0 spiro atoms. The number of carbonyl (C=O) groups excluding carboxylic acids is 2. The molecule has 1 aromatic carbocycles. The molecule has 1 aliphatic heterocycles. The predicted octanol–water partition coefficient (Wildman–Crippen LogP) is 3.62. The Balaban J connectivity index is 2.13. The van der Waals surface area contributed by atoms with Crippen molar-refractivity contribution in [2.24, 2.45) is 16.7 Å². The molecule has 2 atom stereocenters. The van der Waals surface area contributed by atoms with Crippen molar-refractivity contribution in [1.82, 2.24) is 0 Å². The molecule has 21 heavy (non-hydrogen) atoms. The van der Waals surface area contributed by atoms with Crippen molar-refractivity contribution in [3.05, 3.63) is 29.3 Å². The van der Waals surface area contributed by atoms with E-state index < -0.39 is 5.41 Å². The number of piperidine rings is 1. The van der Waals surface area contributed by atoms with Gasteiger partial charge in [0, 0.05) is 5.92 Å². The van der Waals surface area contributed by atoms with Crippen LogP contribution in [0.2, 0.25) is 0 Å². The standard InChI is InChI=1S/C18H23NO2/c1-11-6-7-14(12(2)10-11)19-15(20)13-8-9-18(5,16(19)21)17(13,3)4/h6-7,10,13H,8-9H2,1-5H3/t13-,18+/m0/s1. The van der Waals surface area contributed by atoms with Crippen LogP contribution >= 0.6 is 0 Å². The highest BCUT2D eigenvalue weighted by atomic mass is 16.2. The quantitative estimate of drug-likeness (QED) is 0.739. The largest absolute Gasteiger partial charge is 0.274 e. The number of amides is 2. The van der Waals surface area contributed by atoms with Crippen LogP contribution in [0.25, 0.3) is 0 Å². The Bertz CT molecular complexity index is 647. The number of hydrogen-bond donors (Lipinski definition) is 0. The zero-order valence-corrected chi connectivity index (χ0v) is 13.5. The molecule has 0 N–H and O–H groups in total. The van der Waals surface area contributed by atoms with Crippen LogP contribution in [0.1, 0.15) is 44.7 Å². The zero-order chi connectivity index (χ0) is 15.6. The summed E-state index contributed by atoms with van der Waals surface area (Å²) in [5.74, 6) is -0.106. The fraction of sp³-hybridized carbons (Fsp3) is 0.556. The summed E-state index contributed by atoms with van der Waals surface area (Å²) in [5, 5.41) is 0. The van der Waals surface area contributed by atoms with Crippen LogP contribution in [0.5, 0.6) is 0 Å². The number of imide groups is 1. The van der Waals surface area contributed by atoms with E-state index in [1.165, 1.54) is 4.90 Å². The SMILES string of the molecule is Cc1ccc(N2C(=O)[C@@H]3CC[C@](C)(C2=O)C3(C)C)c(C)c1. The van der Waals surface area contributed by atoms with Crippen LogP contribution in [0, 0.1) is 30.6 Å². The summed E-state index contributed by atoms with van der Waals surface area (Å²) >= 11 is 0. The molecule has 1 heterocycles. The molecule has 1 aromatic rings. The second-order valence-corrected chi connectivity index (χ2v) is 7.41. The van der Waals surface area contributed by atoms with Gasteiger partial charge in [-0.2, -0.15) is 0 Å². The maximum Gasteiger partial charge on any atom is 0.240 e. The first-order chi connectivity index (χ1) is 9.70. The van der Waals surface area contributed by atoms with Crippen molar-refractivity contribution in [3.8, 4) is 0 Å². The topological polar surface area (TPSA) is 37.4 Å². The molecule has 0 radical (unpaired) electrons. The van der Waals surface area contributed by atoms with Gasteiger partial charge in [-0.15, -0.1) is 0 Å². The Morgan fingerprint density at radius 2 is 1.81 bits per heavy atom. The Kier molecular flexibility index (Phi) is 2.85. The number of rotatable bonds is 1. The highest BCUT2D eigenvalue weighted by molar-refractivity contribution is 6.20. The fourth-order valence-corrected chi connectivity index (χ4v) is 4.10. The number of hydrogen-bond acceptors (Lipinski definition) is 2. The van der Waals surface area contributed by atoms with Crippen LogP contribution < -0.4 is 4.90 Å². The smallest absolute Gasteiger partial charge is 0.240 e. The first-order valence-electron chi connectivity index (χ1n) is 7.66. The van der Waals surface area contributed by atoms with Crippen LogP contribution in [-0.2, 0) is 9.59 Å². The minimum absolute atomic E-state index is 0.0214. The number of anilines is 1. The molecule has 112 valence electrons. The molecule has 1 saturated carbocycles. The minimum atomic E-state index is -0.442. The minimum Gasteiger partial charge on any atom is -0.274 e. The summed E-state index contributed by atoms with van der Waals surface area (Å²) in [7, 11) is 0. The van der Waals surface area contributed by atoms with Crippen LogP contribution in [0.3, 0.4) is 0 Å². The average molecular weight is 285 g/mol. The molecular formula is C18H23NO2. The molecule has 0 unspecified atom stereocenters. The molecule has 3 heteroatoms. The van der Waals surface area contributed by atoms with Crippen molar-refractivity contribution >= 4 is 17.5 Å². The molecule has 1 aliphatic carbocycles. The van der Waals surface area contributed by atoms with Crippen molar-refractivity contribution in [2.45, 2.75) is 47.5 Å². The molecule has 0 aromatic heterocycles.